The predicted octanol–water partition coefficient (Wildman–Crippen LogP) is 4.96. The quantitative estimate of drug-likeness (QED) is 0.308. The van der Waals surface area contributed by atoms with Crippen LogP contribution in [-0.4, -0.2) is 5.78 Å². The molecule has 0 saturated heterocycles. The zero-order chi connectivity index (χ0) is 19.4. The van der Waals surface area contributed by atoms with E-state index < -0.39 is 0 Å². The molecule has 0 aliphatic heterocycles. The first-order chi connectivity index (χ1) is 13.0. The maximum absolute atomic E-state index is 12.9. The van der Waals surface area contributed by atoms with Gasteiger partial charge in [-0.05, 0) is 56.2 Å². The summed E-state index contributed by atoms with van der Waals surface area (Å²) in [6.07, 6.45) is 9.07. The SMILES string of the molecule is Cc1cc(C)c(C(=O)C2CCC2C([O-])=C2C=CC=C2)c(C)c1.[Fe+2].c1cc[cH-]c1. The van der Waals surface area contributed by atoms with E-state index in [1.165, 1.54) is 5.56 Å². The Kier molecular flexibility index (Phi) is 7.74. The van der Waals surface area contributed by atoms with Crippen LogP contribution in [0.4, 0.5) is 0 Å². The van der Waals surface area contributed by atoms with E-state index in [0.29, 0.717) is 0 Å². The van der Waals surface area contributed by atoms with Gasteiger partial charge >= 0.3 is 17.1 Å². The summed E-state index contributed by atoms with van der Waals surface area (Å²) in [7, 11) is 0. The number of ketones is 1. The van der Waals surface area contributed by atoms with E-state index in [9.17, 15) is 9.90 Å². The van der Waals surface area contributed by atoms with Crippen LogP contribution >= 0.6 is 0 Å². The zero-order valence-electron chi connectivity index (χ0n) is 16.6. The molecule has 3 heteroatoms. The Labute approximate surface area is 178 Å². The smallest absolute Gasteiger partial charge is 0.875 e. The normalized spacial score (nSPS) is 19.3. The van der Waals surface area contributed by atoms with Gasteiger partial charge in [-0.3, -0.25) is 4.79 Å². The topological polar surface area (TPSA) is 40.1 Å². The van der Waals surface area contributed by atoms with Crippen molar-refractivity contribution in [2.75, 3.05) is 0 Å². The summed E-state index contributed by atoms with van der Waals surface area (Å²) in [6, 6.07) is 14.1. The van der Waals surface area contributed by atoms with Crippen molar-refractivity contribution in [1.29, 1.82) is 0 Å². The monoisotopic (exact) mass is 414 g/mol. The molecule has 2 aliphatic carbocycles. The van der Waals surface area contributed by atoms with Crippen molar-refractivity contribution in [1.82, 2.24) is 0 Å². The fourth-order valence-corrected chi connectivity index (χ4v) is 3.95. The third-order valence-corrected chi connectivity index (χ3v) is 5.37. The van der Waals surface area contributed by atoms with Gasteiger partial charge in [0, 0.05) is 11.5 Å². The Bertz CT molecular complexity index is 846. The van der Waals surface area contributed by atoms with Crippen molar-refractivity contribution in [3.8, 4) is 0 Å². The molecule has 1 fully saturated rings. The molecule has 1 saturated carbocycles. The van der Waals surface area contributed by atoms with E-state index in [2.05, 4.69) is 0 Å². The van der Waals surface area contributed by atoms with Gasteiger partial charge in [0.15, 0.2) is 5.78 Å². The van der Waals surface area contributed by atoms with Crippen LogP contribution in [-0.2, 0) is 17.1 Å². The van der Waals surface area contributed by atoms with Gasteiger partial charge in [0.1, 0.15) is 0 Å². The number of rotatable bonds is 3. The molecule has 28 heavy (non-hydrogen) atoms. The Balaban J connectivity index is 0.000000408. The minimum atomic E-state index is -0.150. The first kappa shape index (κ1) is 22.1. The molecule has 2 aromatic carbocycles. The van der Waals surface area contributed by atoms with Crippen LogP contribution in [0.25, 0.3) is 0 Å². The predicted molar refractivity (Wildman–Crippen MR) is 109 cm³/mol. The largest absolute Gasteiger partial charge is 2.00 e. The maximum Gasteiger partial charge on any atom is 2.00 e. The Hall–Kier alpha value is -2.22. The third kappa shape index (κ3) is 4.79. The molecule has 0 heterocycles. The number of hydrogen-bond acceptors (Lipinski definition) is 2. The van der Waals surface area contributed by atoms with Crippen LogP contribution < -0.4 is 5.11 Å². The van der Waals surface area contributed by atoms with Crippen LogP contribution in [0, 0.1) is 32.6 Å². The summed E-state index contributed by atoms with van der Waals surface area (Å²) in [5.41, 5.74) is 4.77. The summed E-state index contributed by atoms with van der Waals surface area (Å²) in [5.74, 6) is -0.0271. The second-order valence-electron chi connectivity index (χ2n) is 7.43. The first-order valence-corrected chi connectivity index (χ1v) is 9.53. The van der Waals surface area contributed by atoms with E-state index in [4.69, 9.17) is 0 Å². The van der Waals surface area contributed by atoms with Crippen LogP contribution in [0.15, 0.2) is 78.1 Å². The minimum absolute atomic E-state index is 0. The molecule has 0 aromatic heterocycles. The van der Waals surface area contributed by atoms with Crippen molar-refractivity contribution < 1.29 is 27.0 Å². The zero-order valence-corrected chi connectivity index (χ0v) is 17.7. The molecular weight excluding hydrogens is 388 g/mol. The summed E-state index contributed by atoms with van der Waals surface area (Å²) in [4.78, 5) is 12.9. The summed E-state index contributed by atoms with van der Waals surface area (Å²) in [6.45, 7) is 6.01. The van der Waals surface area contributed by atoms with Crippen molar-refractivity contribution in [2.24, 2.45) is 11.8 Å². The number of Topliss-reactive ketones (excluding diaryl/α,β-unsaturated/α-hetero) is 1. The molecule has 0 spiro atoms. The van der Waals surface area contributed by atoms with Crippen molar-refractivity contribution >= 4 is 5.78 Å². The van der Waals surface area contributed by atoms with E-state index in [1.54, 1.807) is 0 Å². The van der Waals surface area contributed by atoms with Gasteiger partial charge in [-0.2, -0.15) is 18.2 Å². The van der Waals surface area contributed by atoms with Gasteiger partial charge in [0.2, 0.25) is 0 Å². The van der Waals surface area contributed by atoms with Crippen molar-refractivity contribution in [3.63, 3.8) is 0 Å². The molecule has 2 aliphatic rings. The standard InChI is InChI=1S/C20H22O2.C5H5.Fe/c1-12-10-13(2)18(14(3)11-12)20(22)17-9-8-16(17)19(21)15-6-4-5-7-15;1-2-4-5-3-1;/h4-7,10-11,16-17,21H,8-9H2,1-3H3;1-5H;/q;-1;+2/p-1. The average molecular weight is 414 g/mol. The first-order valence-electron chi connectivity index (χ1n) is 9.53. The summed E-state index contributed by atoms with van der Waals surface area (Å²) >= 11 is 0. The fourth-order valence-electron chi connectivity index (χ4n) is 3.95. The molecule has 146 valence electrons. The fraction of sp³-hybridized carbons (Fsp3) is 0.280. The van der Waals surface area contributed by atoms with Gasteiger partial charge < -0.3 is 5.11 Å². The number of aryl methyl sites for hydroxylation is 3. The molecule has 2 unspecified atom stereocenters. The summed E-state index contributed by atoms with van der Waals surface area (Å²) < 4.78 is 0. The molecule has 0 bridgehead atoms. The van der Waals surface area contributed by atoms with E-state index in [1.807, 2.05) is 87.5 Å². The van der Waals surface area contributed by atoms with E-state index in [0.717, 1.165) is 35.1 Å². The van der Waals surface area contributed by atoms with Crippen LogP contribution in [0.5, 0.6) is 0 Å². The Morgan fingerprint density at radius 3 is 1.93 bits per heavy atom. The Morgan fingerprint density at radius 1 is 0.964 bits per heavy atom. The van der Waals surface area contributed by atoms with Gasteiger partial charge in [0.05, 0.1) is 0 Å². The van der Waals surface area contributed by atoms with Gasteiger partial charge in [-0.15, -0.1) is 5.76 Å². The number of hydrogen-bond donors (Lipinski definition) is 0. The van der Waals surface area contributed by atoms with Gasteiger partial charge in [-0.25, -0.2) is 12.1 Å². The second kappa shape index (κ2) is 9.82. The number of carbonyl (C=O) groups is 1. The summed E-state index contributed by atoms with van der Waals surface area (Å²) in [5, 5.41) is 12.5. The second-order valence-corrected chi connectivity index (χ2v) is 7.43. The molecule has 2 nitrogen and oxygen atoms in total. The third-order valence-electron chi connectivity index (χ3n) is 5.37. The molecule has 2 aromatic rings. The van der Waals surface area contributed by atoms with Crippen molar-refractivity contribution in [3.05, 3.63) is 100 Å². The molecule has 2 atom stereocenters. The number of benzene rings is 1. The minimum Gasteiger partial charge on any atom is -0.875 e. The van der Waals surface area contributed by atoms with E-state index >= 15 is 0 Å². The van der Waals surface area contributed by atoms with E-state index in [-0.39, 0.29) is 40.4 Å². The van der Waals surface area contributed by atoms with Crippen LogP contribution in [0.1, 0.15) is 39.9 Å². The van der Waals surface area contributed by atoms with Crippen LogP contribution in [0.3, 0.4) is 0 Å². The van der Waals surface area contributed by atoms with Crippen molar-refractivity contribution in [2.45, 2.75) is 33.6 Å². The molecule has 4 rings (SSSR count). The Morgan fingerprint density at radius 2 is 1.50 bits per heavy atom. The van der Waals surface area contributed by atoms with Gasteiger partial charge in [0.25, 0.3) is 0 Å². The molecule has 0 radical (unpaired) electrons. The van der Waals surface area contributed by atoms with Crippen LogP contribution in [0.2, 0.25) is 0 Å². The number of carbonyl (C=O) groups excluding carboxylic acids is 1. The average Bonchev–Trinajstić information content (AvgIpc) is 3.29. The maximum atomic E-state index is 12.9. The number of allylic oxidation sites excluding steroid dienone is 6. The molecule has 0 amide bonds. The molecule has 0 N–H and O–H groups in total. The molecular formula is C25H26FeO2. The van der Waals surface area contributed by atoms with Gasteiger partial charge in [-0.1, -0.05) is 42.0 Å².